The molecule has 2 aromatic rings. The van der Waals surface area contributed by atoms with Gasteiger partial charge in [0, 0.05) is 6.07 Å². The van der Waals surface area contributed by atoms with Crippen LogP contribution in [0.4, 0.5) is 4.39 Å². The van der Waals surface area contributed by atoms with Gasteiger partial charge in [0.05, 0.1) is 5.39 Å². The molecule has 1 heterocycles. The molecule has 5 heteroatoms. The van der Waals surface area contributed by atoms with E-state index in [1.165, 1.54) is 18.2 Å². The Bertz CT molecular complexity index is 495. The van der Waals surface area contributed by atoms with Crippen LogP contribution in [0.1, 0.15) is 10.5 Å². The van der Waals surface area contributed by atoms with E-state index >= 15 is 0 Å². The van der Waals surface area contributed by atoms with Crippen molar-refractivity contribution in [1.29, 1.82) is 0 Å². The van der Waals surface area contributed by atoms with Gasteiger partial charge in [0.15, 0.2) is 17.1 Å². The predicted molar refractivity (Wildman–Crippen MR) is 51.6 cm³/mol. The average Bonchev–Trinajstić information content (AvgIpc) is 2.59. The van der Waals surface area contributed by atoms with Crippen molar-refractivity contribution >= 4 is 24.6 Å². The second-order valence-corrected chi connectivity index (χ2v) is 2.95. The van der Waals surface area contributed by atoms with Gasteiger partial charge >= 0.3 is 0 Å². The molecular formula is C9H7BFNO2. The van der Waals surface area contributed by atoms with Gasteiger partial charge in [-0.25, -0.2) is 4.39 Å². The minimum absolute atomic E-state index is 0.102. The maximum absolute atomic E-state index is 12.8. The second-order valence-electron chi connectivity index (χ2n) is 2.95. The Labute approximate surface area is 80.3 Å². The molecule has 0 radical (unpaired) electrons. The number of halogens is 1. The summed E-state index contributed by atoms with van der Waals surface area (Å²) in [6, 6.07) is 4.00. The van der Waals surface area contributed by atoms with Crippen LogP contribution in [0.2, 0.25) is 6.32 Å². The molecule has 3 nitrogen and oxygen atoms in total. The molecule has 0 fully saturated rings. The van der Waals surface area contributed by atoms with Gasteiger partial charge in [0.2, 0.25) is 0 Å². The SMILES string of the molecule is BCC(=O)c1noc2cc(F)ccc12. The third-order valence-electron chi connectivity index (χ3n) is 2.02. The fourth-order valence-corrected chi connectivity index (χ4v) is 1.28. The van der Waals surface area contributed by atoms with Crippen molar-refractivity contribution in [3.05, 3.63) is 29.7 Å². The number of carbonyl (C=O) groups excluding carboxylic acids is 1. The van der Waals surface area contributed by atoms with E-state index in [0.29, 0.717) is 17.3 Å². The van der Waals surface area contributed by atoms with Crippen LogP contribution in [-0.2, 0) is 0 Å². The highest BCUT2D eigenvalue weighted by molar-refractivity contribution is 6.25. The number of aromatic nitrogens is 1. The minimum Gasteiger partial charge on any atom is -0.355 e. The number of nitrogens with zero attached hydrogens (tertiary/aromatic N) is 1. The fourth-order valence-electron chi connectivity index (χ4n) is 1.28. The number of carbonyl (C=O) groups is 1. The van der Waals surface area contributed by atoms with Gasteiger partial charge in [0.25, 0.3) is 0 Å². The molecule has 0 spiro atoms. The summed E-state index contributed by atoms with van der Waals surface area (Å²) in [5.74, 6) is -0.500. The van der Waals surface area contributed by atoms with E-state index in [2.05, 4.69) is 5.16 Å². The topological polar surface area (TPSA) is 43.1 Å². The standard InChI is InChI=1S/C9H7BFNO2/c10-4-7(13)9-6-2-1-5(11)3-8(6)14-12-9/h1-3H,4,10H2. The summed E-state index contributed by atoms with van der Waals surface area (Å²) in [5.41, 5.74) is 0.587. The third-order valence-corrected chi connectivity index (χ3v) is 2.02. The van der Waals surface area contributed by atoms with Gasteiger partial charge in [-0.2, -0.15) is 0 Å². The summed E-state index contributed by atoms with van der Waals surface area (Å²) >= 11 is 0. The van der Waals surface area contributed by atoms with E-state index in [1.807, 2.05) is 0 Å². The van der Waals surface area contributed by atoms with Gasteiger partial charge in [-0.15, -0.1) is 0 Å². The molecule has 0 atom stereocenters. The molecule has 0 saturated carbocycles. The summed E-state index contributed by atoms with van der Waals surface area (Å²) < 4.78 is 17.6. The lowest BCUT2D eigenvalue weighted by Gasteiger charge is -1.90. The molecule has 1 aromatic heterocycles. The van der Waals surface area contributed by atoms with Gasteiger partial charge in [0.1, 0.15) is 13.7 Å². The van der Waals surface area contributed by atoms with Crippen molar-refractivity contribution in [2.45, 2.75) is 6.32 Å². The van der Waals surface area contributed by atoms with E-state index in [0.717, 1.165) is 0 Å². The Morgan fingerprint density at radius 2 is 2.36 bits per heavy atom. The van der Waals surface area contributed by atoms with Crippen LogP contribution in [0.15, 0.2) is 22.7 Å². The molecule has 0 unspecified atom stereocenters. The molecule has 0 saturated heterocycles. The zero-order chi connectivity index (χ0) is 10.1. The van der Waals surface area contributed by atoms with Gasteiger partial charge in [-0.05, 0) is 18.5 Å². The third kappa shape index (κ3) is 1.30. The highest BCUT2D eigenvalue weighted by Gasteiger charge is 2.14. The van der Waals surface area contributed by atoms with Crippen molar-refractivity contribution in [3.8, 4) is 0 Å². The largest absolute Gasteiger partial charge is 0.355 e. The zero-order valence-corrected chi connectivity index (χ0v) is 7.58. The molecule has 1 aromatic carbocycles. The summed E-state index contributed by atoms with van der Waals surface area (Å²) in [6.45, 7) is 0. The zero-order valence-electron chi connectivity index (χ0n) is 7.58. The maximum Gasteiger partial charge on any atom is 0.177 e. The predicted octanol–water partition coefficient (Wildman–Crippen LogP) is 1.20. The Balaban J connectivity index is 2.64. The van der Waals surface area contributed by atoms with Crippen molar-refractivity contribution in [3.63, 3.8) is 0 Å². The van der Waals surface area contributed by atoms with Gasteiger partial charge in [-0.1, -0.05) is 5.16 Å². The molecule has 0 N–H and O–H groups in total. The van der Waals surface area contributed by atoms with Crippen LogP contribution in [0.5, 0.6) is 0 Å². The summed E-state index contributed by atoms with van der Waals surface area (Å²) in [5, 5.41) is 4.18. The lowest BCUT2D eigenvalue weighted by molar-refractivity contribution is 0.101. The minimum atomic E-state index is -0.399. The molecular weight excluding hydrogens is 184 g/mol. The van der Waals surface area contributed by atoms with Crippen molar-refractivity contribution in [2.75, 3.05) is 0 Å². The first-order valence-electron chi connectivity index (χ1n) is 4.30. The monoisotopic (exact) mass is 191 g/mol. The van der Waals surface area contributed by atoms with Crippen LogP contribution in [0.3, 0.4) is 0 Å². The molecule has 0 bridgehead atoms. The fraction of sp³-hybridized carbons (Fsp3) is 0.111. The first-order valence-corrected chi connectivity index (χ1v) is 4.30. The number of ketones is 1. The molecule has 14 heavy (non-hydrogen) atoms. The van der Waals surface area contributed by atoms with E-state index in [-0.39, 0.29) is 11.5 Å². The Kier molecular flexibility index (Phi) is 2.07. The highest BCUT2D eigenvalue weighted by Crippen LogP contribution is 2.20. The molecule has 70 valence electrons. The Morgan fingerprint density at radius 1 is 1.57 bits per heavy atom. The van der Waals surface area contributed by atoms with Crippen LogP contribution < -0.4 is 0 Å². The molecule has 0 amide bonds. The average molecular weight is 191 g/mol. The summed E-state index contributed by atoms with van der Waals surface area (Å²) in [7, 11) is 1.74. The van der Waals surface area contributed by atoms with Crippen molar-refractivity contribution in [1.82, 2.24) is 5.16 Å². The molecule has 0 aliphatic rings. The van der Waals surface area contributed by atoms with Crippen LogP contribution in [-0.4, -0.2) is 18.8 Å². The quantitative estimate of drug-likeness (QED) is 0.529. The van der Waals surface area contributed by atoms with E-state index in [9.17, 15) is 9.18 Å². The van der Waals surface area contributed by atoms with E-state index < -0.39 is 5.82 Å². The number of fused-ring (bicyclic) bond motifs is 1. The van der Waals surface area contributed by atoms with Crippen LogP contribution >= 0.6 is 0 Å². The smallest absolute Gasteiger partial charge is 0.177 e. The number of Topliss-reactive ketones (excluding diaryl/α,β-unsaturated/α-hetero) is 1. The lowest BCUT2D eigenvalue weighted by atomic mass is 9.97. The molecule has 0 aliphatic carbocycles. The first kappa shape index (κ1) is 8.93. The second kappa shape index (κ2) is 3.25. The maximum atomic E-state index is 12.8. The first-order chi connectivity index (χ1) is 6.72. The normalized spacial score (nSPS) is 10.6. The van der Waals surface area contributed by atoms with Gasteiger partial charge < -0.3 is 4.52 Å². The number of hydrogen-bond acceptors (Lipinski definition) is 3. The summed E-state index contributed by atoms with van der Waals surface area (Å²) in [6.07, 6.45) is 0.360. The van der Waals surface area contributed by atoms with Gasteiger partial charge in [-0.3, -0.25) is 4.79 Å². The Morgan fingerprint density at radius 3 is 3.07 bits per heavy atom. The highest BCUT2D eigenvalue weighted by atomic mass is 19.1. The van der Waals surface area contributed by atoms with Crippen molar-refractivity contribution in [2.24, 2.45) is 0 Å². The van der Waals surface area contributed by atoms with Crippen molar-refractivity contribution < 1.29 is 13.7 Å². The molecule has 2 rings (SSSR count). The van der Waals surface area contributed by atoms with E-state index in [1.54, 1.807) is 7.85 Å². The van der Waals surface area contributed by atoms with E-state index in [4.69, 9.17) is 4.52 Å². The lowest BCUT2D eigenvalue weighted by Crippen LogP contribution is -1.97. The number of rotatable bonds is 2. The number of hydrogen-bond donors (Lipinski definition) is 0. The molecule has 0 aliphatic heterocycles. The number of benzene rings is 1. The van der Waals surface area contributed by atoms with Crippen LogP contribution in [0, 0.1) is 5.82 Å². The van der Waals surface area contributed by atoms with Crippen LogP contribution in [0.25, 0.3) is 11.0 Å². The Hall–Kier alpha value is -1.65. The summed E-state index contributed by atoms with van der Waals surface area (Å²) in [4.78, 5) is 11.4.